The van der Waals surface area contributed by atoms with Crippen LogP contribution in [0.2, 0.25) is 10.0 Å². The minimum Gasteiger partial charge on any atom is -0.384 e. The topological polar surface area (TPSA) is 20.2 Å². The number of benzene rings is 3. The summed E-state index contributed by atoms with van der Waals surface area (Å²) in [5.41, 5.74) is 6.91. The van der Waals surface area contributed by atoms with Crippen molar-refractivity contribution in [3.63, 3.8) is 0 Å². The number of allylic oxidation sites excluding steroid dienone is 3. The van der Waals surface area contributed by atoms with E-state index in [-0.39, 0.29) is 0 Å². The van der Waals surface area contributed by atoms with Crippen molar-refractivity contribution in [3.8, 4) is 0 Å². The van der Waals surface area contributed by atoms with Crippen LogP contribution in [0.3, 0.4) is 0 Å². The molecule has 1 saturated carbocycles. The third-order valence-electron chi connectivity index (χ3n) is 7.02. The molecule has 3 aromatic rings. The van der Waals surface area contributed by atoms with E-state index in [1.54, 1.807) is 0 Å². The molecule has 4 rings (SSSR count). The first-order valence-electron chi connectivity index (χ1n) is 12.7. The highest BCUT2D eigenvalue weighted by molar-refractivity contribution is 6.30. The maximum Gasteiger partial charge on any atom is 0.0978 e. The summed E-state index contributed by atoms with van der Waals surface area (Å²) in [6, 6.07) is 26.3. The predicted octanol–water partition coefficient (Wildman–Crippen LogP) is 9.63. The van der Waals surface area contributed by atoms with Gasteiger partial charge in [0.1, 0.15) is 0 Å². The van der Waals surface area contributed by atoms with Gasteiger partial charge in [-0.15, -0.1) is 0 Å². The average Bonchev–Trinajstić information content (AvgIpc) is 3.53. The number of hydrogen-bond donors (Lipinski definition) is 1. The van der Waals surface area contributed by atoms with Crippen LogP contribution in [0, 0.1) is 0 Å². The lowest BCUT2D eigenvalue weighted by molar-refractivity contribution is 0.228. The van der Waals surface area contributed by atoms with Gasteiger partial charge >= 0.3 is 0 Å². The van der Waals surface area contributed by atoms with E-state index in [9.17, 15) is 5.11 Å². The molecule has 1 fully saturated rings. The predicted molar refractivity (Wildman–Crippen MR) is 149 cm³/mol. The van der Waals surface area contributed by atoms with E-state index >= 15 is 0 Å². The molecule has 0 amide bonds. The van der Waals surface area contributed by atoms with E-state index in [4.69, 9.17) is 23.2 Å². The number of rotatable bonds is 10. The van der Waals surface area contributed by atoms with Crippen LogP contribution in [0.4, 0.5) is 0 Å². The Morgan fingerprint density at radius 2 is 1.26 bits per heavy atom. The molecule has 1 atom stereocenters. The van der Waals surface area contributed by atoms with Crippen LogP contribution in [0.1, 0.15) is 75.2 Å². The molecular weight excluding hydrogens is 471 g/mol. The number of halogens is 2. The van der Waals surface area contributed by atoms with Crippen molar-refractivity contribution in [3.05, 3.63) is 128 Å². The van der Waals surface area contributed by atoms with Crippen LogP contribution >= 0.6 is 23.2 Å². The zero-order valence-electron chi connectivity index (χ0n) is 20.6. The zero-order valence-corrected chi connectivity index (χ0v) is 22.1. The molecule has 1 N–H and O–H groups in total. The lowest BCUT2D eigenvalue weighted by Gasteiger charge is -2.18. The van der Waals surface area contributed by atoms with Gasteiger partial charge in [-0.3, -0.25) is 0 Å². The Morgan fingerprint density at radius 3 is 1.71 bits per heavy atom. The van der Waals surface area contributed by atoms with Gasteiger partial charge in [0.05, 0.1) is 11.5 Å². The molecule has 1 nitrogen and oxygen atoms in total. The number of unbranched alkanes of at least 4 members (excludes halogenated alkanes) is 2. The monoisotopic (exact) mass is 504 g/mol. The summed E-state index contributed by atoms with van der Waals surface area (Å²) >= 11 is 12.6. The first kappa shape index (κ1) is 25.8. The van der Waals surface area contributed by atoms with Crippen molar-refractivity contribution in [1.29, 1.82) is 0 Å². The summed E-state index contributed by atoms with van der Waals surface area (Å²) in [6.07, 6.45) is 8.17. The van der Waals surface area contributed by atoms with Gasteiger partial charge in [-0.05, 0) is 83.9 Å². The molecule has 0 spiro atoms. The molecule has 1 aliphatic carbocycles. The van der Waals surface area contributed by atoms with E-state index in [0.29, 0.717) is 0 Å². The van der Waals surface area contributed by atoms with Crippen molar-refractivity contribution < 1.29 is 5.11 Å². The fourth-order valence-corrected chi connectivity index (χ4v) is 5.44. The molecule has 182 valence electrons. The molecule has 35 heavy (non-hydrogen) atoms. The van der Waals surface area contributed by atoms with Crippen LogP contribution in [-0.2, 0) is 5.41 Å². The maximum atomic E-state index is 11.3. The average molecular weight is 506 g/mol. The van der Waals surface area contributed by atoms with E-state index in [0.717, 1.165) is 54.1 Å². The summed E-state index contributed by atoms with van der Waals surface area (Å²) in [5.74, 6) is 0. The van der Waals surface area contributed by atoms with Gasteiger partial charge in [0.15, 0.2) is 0 Å². The second-order valence-corrected chi connectivity index (χ2v) is 10.3. The Balaban J connectivity index is 1.96. The summed E-state index contributed by atoms with van der Waals surface area (Å²) in [6.45, 7) is 4.49. The van der Waals surface area contributed by atoms with E-state index in [1.807, 2.05) is 54.6 Å². The van der Waals surface area contributed by atoms with Gasteiger partial charge in [-0.1, -0.05) is 110 Å². The largest absolute Gasteiger partial charge is 0.384 e. The Bertz CT molecular complexity index is 1120. The molecule has 3 aromatic carbocycles. The molecule has 0 bridgehead atoms. The minimum absolute atomic E-state index is 0.401. The number of aliphatic hydroxyl groups excluding tert-OH is 1. The van der Waals surface area contributed by atoms with Gasteiger partial charge in [-0.25, -0.2) is 0 Å². The Kier molecular flexibility index (Phi) is 8.55. The molecule has 0 radical (unpaired) electrons. The smallest absolute Gasteiger partial charge is 0.0978 e. The lowest BCUT2D eigenvalue weighted by Crippen LogP contribution is -2.11. The molecule has 0 aromatic heterocycles. The summed E-state index contributed by atoms with van der Waals surface area (Å²) in [7, 11) is 0. The van der Waals surface area contributed by atoms with Gasteiger partial charge < -0.3 is 5.11 Å². The summed E-state index contributed by atoms with van der Waals surface area (Å²) < 4.78 is 0. The first-order chi connectivity index (χ1) is 17.0. The van der Waals surface area contributed by atoms with Crippen molar-refractivity contribution in [2.75, 3.05) is 0 Å². The van der Waals surface area contributed by atoms with E-state index in [1.165, 1.54) is 27.8 Å². The van der Waals surface area contributed by atoms with Crippen LogP contribution in [0.15, 0.2) is 102 Å². The second kappa shape index (κ2) is 11.6. The fourth-order valence-electron chi connectivity index (χ4n) is 5.19. The molecule has 0 aliphatic heterocycles. The van der Waals surface area contributed by atoms with Crippen LogP contribution in [0.5, 0.6) is 0 Å². The van der Waals surface area contributed by atoms with Crippen molar-refractivity contribution in [2.24, 2.45) is 0 Å². The molecular formula is C32H34Cl2O. The van der Waals surface area contributed by atoms with Gasteiger partial charge in [0.25, 0.3) is 0 Å². The minimum atomic E-state index is -0.679. The van der Waals surface area contributed by atoms with Crippen LogP contribution in [-0.4, -0.2) is 5.11 Å². The maximum absolute atomic E-state index is 11.3. The lowest BCUT2D eigenvalue weighted by atomic mass is 9.84. The summed E-state index contributed by atoms with van der Waals surface area (Å²) in [4.78, 5) is 0. The summed E-state index contributed by atoms with van der Waals surface area (Å²) in [5, 5.41) is 12.7. The molecule has 0 saturated heterocycles. The second-order valence-electron chi connectivity index (χ2n) is 9.39. The zero-order chi connectivity index (χ0) is 24.8. The highest BCUT2D eigenvalue weighted by atomic mass is 35.5. The third kappa shape index (κ3) is 5.43. The Hall–Kier alpha value is -2.32. The van der Waals surface area contributed by atoms with Gasteiger partial charge in [0, 0.05) is 10.0 Å². The molecule has 3 heteroatoms. The number of hydrogen-bond acceptors (Lipinski definition) is 1. The molecule has 0 heterocycles. The standard InChI is InChI=1S/C32H34Cl2O/c1-3-5-10-24(11-6-4-2)31-29(22-30(35)23-12-8-7-9-13-23)32(31,25-14-18-27(33)19-15-25)26-16-20-28(34)21-17-26/h7-9,12-22,30,35H,3-6,10-11H2,1-2H3/b29-22-. The number of aliphatic hydroxyl groups is 1. The highest BCUT2D eigenvalue weighted by Crippen LogP contribution is 2.66. The van der Waals surface area contributed by atoms with Crippen molar-refractivity contribution in [1.82, 2.24) is 0 Å². The Labute approximate surface area is 220 Å². The van der Waals surface area contributed by atoms with Gasteiger partial charge in [0.2, 0.25) is 0 Å². The first-order valence-corrected chi connectivity index (χ1v) is 13.5. The quantitative estimate of drug-likeness (QED) is 0.291. The SMILES string of the molecule is CCCCC(CCCC)=C1/C(=C/C(O)c2ccccc2)C1(c1ccc(Cl)cc1)c1ccc(Cl)cc1. The van der Waals surface area contributed by atoms with Crippen LogP contribution < -0.4 is 0 Å². The molecule has 1 unspecified atom stereocenters. The third-order valence-corrected chi connectivity index (χ3v) is 7.53. The van der Waals surface area contributed by atoms with Gasteiger partial charge in [-0.2, -0.15) is 0 Å². The van der Waals surface area contributed by atoms with Crippen LogP contribution in [0.25, 0.3) is 0 Å². The molecule has 1 aliphatic rings. The Morgan fingerprint density at radius 1 is 0.771 bits per heavy atom. The van der Waals surface area contributed by atoms with Crippen molar-refractivity contribution >= 4 is 23.2 Å². The fraction of sp³-hybridized carbons (Fsp3) is 0.312. The normalized spacial score (nSPS) is 16.4. The van der Waals surface area contributed by atoms with Crippen molar-refractivity contribution in [2.45, 2.75) is 63.9 Å². The van der Waals surface area contributed by atoms with E-state index in [2.05, 4.69) is 44.2 Å². The van der Waals surface area contributed by atoms with E-state index < -0.39 is 11.5 Å². The highest BCUT2D eigenvalue weighted by Gasteiger charge is 2.58.